The fourth-order valence-corrected chi connectivity index (χ4v) is 1.91. The van der Waals surface area contributed by atoms with Crippen LogP contribution in [-0.4, -0.2) is 24.2 Å². The van der Waals surface area contributed by atoms with E-state index in [9.17, 15) is 0 Å². The lowest BCUT2D eigenvalue weighted by molar-refractivity contribution is 0.340. The van der Waals surface area contributed by atoms with E-state index in [-0.39, 0.29) is 0 Å². The van der Waals surface area contributed by atoms with Crippen LogP contribution in [0.5, 0.6) is 5.75 Å². The van der Waals surface area contributed by atoms with E-state index in [1.165, 1.54) is 0 Å². The molecule has 0 amide bonds. The van der Waals surface area contributed by atoms with Gasteiger partial charge in [-0.2, -0.15) is 0 Å². The molecule has 4 heteroatoms. The van der Waals surface area contributed by atoms with Gasteiger partial charge in [0.2, 0.25) is 0 Å². The van der Waals surface area contributed by atoms with Crippen LogP contribution in [0.1, 0.15) is 26.7 Å². The van der Waals surface area contributed by atoms with Crippen molar-refractivity contribution >= 4 is 0 Å². The summed E-state index contributed by atoms with van der Waals surface area (Å²) in [6, 6.07) is 8.35. The predicted molar refractivity (Wildman–Crippen MR) is 80.0 cm³/mol. The summed E-state index contributed by atoms with van der Waals surface area (Å²) in [4.78, 5) is 4.31. The average molecular weight is 274 g/mol. The molecule has 1 heterocycles. The summed E-state index contributed by atoms with van der Waals surface area (Å²) >= 11 is 0. The third kappa shape index (κ3) is 4.10. The summed E-state index contributed by atoms with van der Waals surface area (Å²) < 4.78 is 11.2. The van der Waals surface area contributed by atoms with Gasteiger partial charge in [-0.25, -0.2) is 4.98 Å². The Kier molecular flexibility index (Phi) is 5.18. The Morgan fingerprint density at radius 2 is 2.00 bits per heavy atom. The monoisotopic (exact) mass is 274 g/mol. The normalized spacial score (nSPS) is 11.0. The topological polar surface area (TPSA) is 47.3 Å². The molecule has 0 bridgehead atoms. The number of aromatic nitrogens is 1. The molecule has 0 fully saturated rings. The van der Waals surface area contributed by atoms with E-state index in [2.05, 4.69) is 24.1 Å². The number of hydrogen-bond donors (Lipinski definition) is 1. The number of rotatable bonds is 7. The first-order valence-electron chi connectivity index (χ1n) is 7.10. The van der Waals surface area contributed by atoms with Gasteiger partial charge in [0.25, 0.3) is 0 Å². The molecule has 0 aliphatic carbocycles. The highest BCUT2D eigenvalue weighted by Gasteiger charge is 2.06. The van der Waals surface area contributed by atoms with Crippen molar-refractivity contribution in [1.29, 1.82) is 0 Å². The van der Waals surface area contributed by atoms with E-state index in [1.807, 2.05) is 31.2 Å². The molecule has 0 spiro atoms. The van der Waals surface area contributed by atoms with Crippen molar-refractivity contribution in [3.8, 4) is 17.1 Å². The molecule has 0 unspecified atom stereocenters. The molecule has 1 aromatic heterocycles. The number of nitrogens with zero attached hydrogens (tertiary/aromatic N) is 1. The second-order valence-electron chi connectivity index (χ2n) is 4.93. The van der Waals surface area contributed by atoms with Crippen LogP contribution in [0.2, 0.25) is 0 Å². The summed E-state index contributed by atoms with van der Waals surface area (Å²) in [5, 5.41) is 3.35. The number of hydrogen-bond acceptors (Lipinski definition) is 4. The minimum Gasteiger partial charge on any atom is -0.494 e. The zero-order valence-electron chi connectivity index (χ0n) is 12.3. The van der Waals surface area contributed by atoms with Crippen LogP contribution >= 0.6 is 0 Å². The molecular formula is C16H22N2O2. The Bertz CT molecular complexity index is 518. The van der Waals surface area contributed by atoms with Crippen LogP contribution < -0.4 is 10.1 Å². The summed E-state index contributed by atoms with van der Waals surface area (Å²) in [5.41, 5.74) is 1.02. The van der Waals surface area contributed by atoms with Crippen molar-refractivity contribution in [2.24, 2.45) is 0 Å². The lowest BCUT2D eigenvalue weighted by atomic mass is 10.2. The SMILES string of the molecule is CCOc1ccc(-c2cnc(CCNC(C)C)o2)cc1. The number of nitrogens with one attached hydrogen (secondary N) is 1. The first kappa shape index (κ1) is 14.6. The second-order valence-corrected chi connectivity index (χ2v) is 4.93. The van der Waals surface area contributed by atoms with Crippen molar-refractivity contribution in [1.82, 2.24) is 10.3 Å². The Morgan fingerprint density at radius 3 is 2.65 bits per heavy atom. The van der Waals surface area contributed by atoms with E-state index in [1.54, 1.807) is 6.20 Å². The van der Waals surface area contributed by atoms with Crippen molar-refractivity contribution in [3.05, 3.63) is 36.4 Å². The van der Waals surface area contributed by atoms with Gasteiger partial charge < -0.3 is 14.5 Å². The zero-order valence-corrected chi connectivity index (χ0v) is 12.3. The highest BCUT2D eigenvalue weighted by molar-refractivity contribution is 5.57. The van der Waals surface area contributed by atoms with Crippen LogP contribution in [0.4, 0.5) is 0 Å². The van der Waals surface area contributed by atoms with Crippen LogP contribution in [0.15, 0.2) is 34.9 Å². The Labute approximate surface area is 120 Å². The molecule has 0 atom stereocenters. The molecule has 0 aliphatic rings. The molecule has 4 nitrogen and oxygen atoms in total. The van der Waals surface area contributed by atoms with Crippen molar-refractivity contribution in [3.63, 3.8) is 0 Å². The largest absolute Gasteiger partial charge is 0.494 e. The fraction of sp³-hybridized carbons (Fsp3) is 0.438. The maximum atomic E-state index is 5.76. The molecular weight excluding hydrogens is 252 g/mol. The number of oxazole rings is 1. The number of benzene rings is 1. The van der Waals surface area contributed by atoms with Gasteiger partial charge in [-0.3, -0.25) is 0 Å². The quantitative estimate of drug-likeness (QED) is 0.841. The van der Waals surface area contributed by atoms with Gasteiger partial charge in [0.1, 0.15) is 5.75 Å². The van der Waals surface area contributed by atoms with Gasteiger partial charge in [0, 0.05) is 24.6 Å². The first-order valence-corrected chi connectivity index (χ1v) is 7.10. The predicted octanol–water partition coefficient (Wildman–Crippen LogP) is 3.28. The molecule has 1 N–H and O–H groups in total. The van der Waals surface area contributed by atoms with Crippen molar-refractivity contribution in [2.75, 3.05) is 13.2 Å². The highest BCUT2D eigenvalue weighted by Crippen LogP contribution is 2.23. The Morgan fingerprint density at radius 1 is 1.25 bits per heavy atom. The maximum absolute atomic E-state index is 5.76. The maximum Gasteiger partial charge on any atom is 0.196 e. The zero-order chi connectivity index (χ0) is 14.4. The second kappa shape index (κ2) is 7.10. The van der Waals surface area contributed by atoms with E-state index < -0.39 is 0 Å². The minimum absolute atomic E-state index is 0.482. The summed E-state index contributed by atoms with van der Waals surface area (Å²) in [5.74, 6) is 2.44. The summed E-state index contributed by atoms with van der Waals surface area (Å²) in [6.45, 7) is 7.78. The molecule has 2 rings (SSSR count). The van der Waals surface area contributed by atoms with Crippen LogP contribution in [0, 0.1) is 0 Å². The molecule has 0 radical (unpaired) electrons. The van der Waals surface area contributed by atoms with Gasteiger partial charge >= 0.3 is 0 Å². The first-order chi connectivity index (χ1) is 9.69. The van der Waals surface area contributed by atoms with Gasteiger partial charge in [0.15, 0.2) is 11.7 Å². The fourth-order valence-electron chi connectivity index (χ4n) is 1.91. The van der Waals surface area contributed by atoms with Gasteiger partial charge in [-0.05, 0) is 31.2 Å². The third-order valence-corrected chi connectivity index (χ3v) is 2.89. The summed E-state index contributed by atoms with van der Waals surface area (Å²) in [6.07, 6.45) is 2.58. The van der Waals surface area contributed by atoms with E-state index in [0.717, 1.165) is 35.9 Å². The number of ether oxygens (including phenoxy) is 1. The average Bonchev–Trinajstić information content (AvgIpc) is 2.88. The lowest BCUT2D eigenvalue weighted by Crippen LogP contribution is -2.24. The van der Waals surface area contributed by atoms with Gasteiger partial charge in [-0.1, -0.05) is 13.8 Å². The minimum atomic E-state index is 0.482. The van der Waals surface area contributed by atoms with Crippen LogP contribution in [-0.2, 0) is 6.42 Å². The molecule has 108 valence electrons. The van der Waals surface area contributed by atoms with Crippen LogP contribution in [0.25, 0.3) is 11.3 Å². The Balaban J connectivity index is 1.97. The van der Waals surface area contributed by atoms with Gasteiger partial charge in [0.05, 0.1) is 12.8 Å². The molecule has 0 aliphatic heterocycles. The molecule has 0 saturated heterocycles. The third-order valence-electron chi connectivity index (χ3n) is 2.89. The summed E-state index contributed by atoms with van der Waals surface area (Å²) in [7, 11) is 0. The smallest absolute Gasteiger partial charge is 0.196 e. The molecule has 2 aromatic rings. The van der Waals surface area contributed by atoms with E-state index >= 15 is 0 Å². The lowest BCUT2D eigenvalue weighted by Gasteiger charge is -2.05. The molecule has 20 heavy (non-hydrogen) atoms. The van der Waals surface area contributed by atoms with Crippen molar-refractivity contribution in [2.45, 2.75) is 33.2 Å². The molecule has 1 aromatic carbocycles. The Hall–Kier alpha value is -1.81. The van der Waals surface area contributed by atoms with Gasteiger partial charge in [-0.15, -0.1) is 0 Å². The van der Waals surface area contributed by atoms with E-state index in [4.69, 9.17) is 9.15 Å². The van der Waals surface area contributed by atoms with Crippen LogP contribution in [0.3, 0.4) is 0 Å². The standard InChI is InChI=1S/C16H22N2O2/c1-4-19-14-7-5-13(6-8-14)15-11-18-16(20-15)9-10-17-12(2)3/h5-8,11-12,17H,4,9-10H2,1-3H3. The van der Waals surface area contributed by atoms with Crippen molar-refractivity contribution < 1.29 is 9.15 Å². The highest BCUT2D eigenvalue weighted by atomic mass is 16.5. The van der Waals surface area contributed by atoms with E-state index in [0.29, 0.717) is 12.6 Å². The molecule has 0 saturated carbocycles.